The third-order valence-electron chi connectivity index (χ3n) is 4.46. The topological polar surface area (TPSA) is 108 Å². The highest BCUT2D eigenvalue weighted by molar-refractivity contribution is 5.91. The highest BCUT2D eigenvalue weighted by Crippen LogP contribution is 2.36. The Kier molecular flexibility index (Phi) is 6.87. The number of aromatic hydroxyl groups is 1. The average Bonchev–Trinajstić information content (AvgIpc) is 2.66. The lowest BCUT2D eigenvalue weighted by atomic mass is 9.81. The van der Waals surface area contributed by atoms with Gasteiger partial charge in [0.15, 0.2) is 11.5 Å². The van der Waals surface area contributed by atoms with Crippen molar-refractivity contribution in [1.82, 2.24) is 0 Å². The number of esters is 2. The van der Waals surface area contributed by atoms with Crippen molar-refractivity contribution in [2.45, 2.75) is 39.8 Å². The van der Waals surface area contributed by atoms with Crippen molar-refractivity contribution in [2.24, 2.45) is 11.1 Å². The zero-order chi connectivity index (χ0) is 21.8. The lowest BCUT2D eigenvalue weighted by molar-refractivity contribution is -0.149. The fourth-order valence-electron chi connectivity index (χ4n) is 2.67. The van der Waals surface area contributed by atoms with Gasteiger partial charge in [0.1, 0.15) is 11.9 Å². The predicted molar refractivity (Wildman–Crippen MR) is 108 cm³/mol. The van der Waals surface area contributed by atoms with Gasteiger partial charge < -0.3 is 25.1 Å². The summed E-state index contributed by atoms with van der Waals surface area (Å²) in [6.45, 7) is 7.09. The molecule has 2 rings (SSSR count). The first-order chi connectivity index (χ1) is 13.5. The number of hydrogen-bond acceptors (Lipinski definition) is 7. The van der Waals surface area contributed by atoms with E-state index in [4.69, 9.17) is 19.9 Å². The van der Waals surface area contributed by atoms with Crippen LogP contribution in [0.15, 0.2) is 42.5 Å². The second kappa shape index (κ2) is 8.96. The highest BCUT2D eigenvalue weighted by atomic mass is 16.5. The van der Waals surface area contributed by atoms with E-state index in [2.05, 4.69) is 0 Å². The minimum Gasteiger partial charge on any atom is -0.504 e. The van der Waals surface area contributed by atoms with Crippen LogP contribution in [0.3, 0.4) is 0 Å². The van der Waals surface area contributed by atoms with Crippen LogP contribution in [0.2, 0.25) is 0 Å². The normalized spacial score (nSPS) is 13.3. The Bertz CT molecular complexity index is 870. The van der Waals surface area contributed by atoms with Gasteiger partial charge in [0.2, 0.25) is 0 Å². The SMILES string of the molecule is COc1ccc(C(=O)Oc2ccc(C(OC(C)=O)C(N)C(C)(C)C)cc2O)cc1. The minimum atomic E-state index is -0.760. The Morgan fingerprint density at radius 3 is 2.17 bits per heavy atom. The number of rotatable bonds is 6. The fraction of sp³-hybridized carbons (Fsp3) is 0.364. The number of phenols is 1. The van der Waals surface area contributed by atoms with E-state index >= 15 is 0 Å². The zero-order valence-electron chi connectivity index (χ0n) is 17.3. The molecule has 0 aliphatic rings. The smallest absolute Gasteiger partial charge is 0.343 e. The van der Waals surface area contributed by atoms with Crippen molar-refractivity contribution in [1.29, 1.82) is 0 Å². The van der Waals surface area contributed by atoms with Gasteiger partial charge in [0.05, 0.1) is 18.7 Å². The van der Waals surface area contributed by atoms with Crippen molar-refractivity contribution in [3.8, 4) is 17.2 Å². The van der Waals surface area contributed by atoms with Gasteiger partial charge in [0.25, 0.3) is 0 Å². The molecule has 2 aromatic carbocycles. The average molecular weight is 401 g/mol. The van der Waals surface area contributed by atoms with Crippen molar-refractivity contribution in [2.75, 3.05) is 7.11 Å². The summed E-state index contributed by atoms with van der Waals surface area (Å²) in [6.07, 6.45) is -0.760. The summed E-state index contributed by atoms with van der Waals surface area (Å²) in [6, 6.07) is 10.3. The summed E-state index contributed by atoms with van der Waals surface area (Å²) in [4.78, 5) is 23.8. The van der Waals surface area contributed by atoms with Crippen molar-refractivity contribution >= 4 is 11.9 Å². The monoisotopic (exact) mass is 401 g/mol. The van der Waals surface area contributed by atoms with E-state index in [9.17, 15) is 14.7 Å². The number of phenolic OH excluding ortho intramolecular Hbond substituents is 1. The van der Waals surface area contributed by atoms with Gasteiger partial charge >= 0.3 is 11.9 Å². The molecule has 2 aromatic rings. The van der Waals surface area contributed by atoms with Crippen LogP contribution in [-0.2, 0) is 9.53 Å². The summed E-state index contributed by atoms with van der Waals surface area (Å²) in [5.74, 6) is -0.772. The lowest BCUT2D eigenvalue weighted by Gasteiger charge is -2.33. The van der Waals surface area contributed by atoms with Crippen LogP contribution in [0.5, 0.6) is 17.2 Å². The molecule has 0 fully saturated rings. The zero-order valence-corrected chi connectivity index (χ0v) is 17.3. The summed E-state index contributed by atoms with van der Waals surface area (Å²) >= 11 is 0. The van der Waals surface area contributed by atoms with Crippen LogP contribution in [-0.4, -0.2) is 30.2 Å². The van der Waals surface area contributed by atoms with E-state index < -0.39 is 24.1 Å². The van der Waals surface area contributed by atoms with Gasteiger partial charge in [-0.1, -0.05) is 26.8 Å². The maximum Gasteiger partial charge on any atom is 0.343 e. The molecule has 7 heteroatoms. The third-order valence-corrected chi connectivity index (χ3v) is 4.46. The first-order valence-corrected chi connectivity index (χ1v) is 9.15. The summed E-state index contributed by atoms with van der Waals surface area (Å²) in [7, 11) is 1.53. The molecule has 0 amide bonds. The van der Waals surface area contributed by atoms with Crippen LogP contribution < -0.4 is 15.2 Å². The molecule has 0 spiro atoms. The van der Waals surface area contributed by atoms with E-state index in [1.165, 1.54) is 26.2 Å². The maximum absolute atomic E-state index is 12.3. The number of methoxy groups -OCH3 is 1. The molecule has 3 N–H and O–H groups in total. The van der Waals surface area contributed by atoms with Crippen LogP contribution in [0.4, 0.5) is 0 Å². The number of carbonyl (C=O) groups excluding carboxylic acids is 2. The Morgan fingerprint density at radius 2 is 1.69 bits per heavy atom. The van der Waals surface area contributed by atoms with Crippen molar-refractivity contribution in [3.63, 3.8) is 0 Å². The van der Waals surface area contributed by atoms with Crippen molar-refractivity contribution < 1.29 is 28.9 Å². The molecule has 2 unspecified atom stereocenters. The first kappa shape index (κ1) is 22.2. The predicted octanol–water partition coefficient (Wildman–Crippen LogP) is 3.60. The molecular formula is C22H27NO6. The first-order valence-electron chi connectivity index (χ1n) is 9.15. The molecule has 0 aliphatic heterocycles. The molecule has 0 aliphatic carbocycles. The van der Waals surface area contributed by atoms with Gasteiger partial charge in [-0.05, 0) is 47.4 Å². The largest absolute Gasteiger partial charge is 0.504 e. The molecule has 0 heterocycles. The van der Waals surface area contributed by atoms with Crippen LogP contribution >= 0.6 is 0 Å². The van der Waals surface area contributed by atoms with Gasteiger partial charge in [-0.15, -0.1) is 0 Å². The lowest BCUT2D eigenvalue weighted by Crippen LogP contribution is -2.42. The standard InChI is InChI=1S/C22H27NO6/c1-13(24)28-19(20(23)22(2,3)4)15-8-11-18(17(25)12-15)29-21(26)14-6-9-16(27-5)10-7-14/h6-12,19-20,25H,23H2,1-5H3. The molecule has 0 radical (unpaired) electrons. The van der Waals surface area contributed by atoms with E-state index in [0.29, 0.717) is 16.9 Å². The number of carbonyl (C=O) groups is 2. The third kappa shape index (κ3) is 5.71. The second-order valence-electron chi connectivity index (χ2n) is 7.77. The number of benzene rings is 2. The fourth-order valence-corrected chi connectivity index (χ4v) is 2.67. The highest BCUT2D eigenvalue weighted by Gasteiger charge is 2.33. The van der Waals surface area contributed by atoms with Crippen LogP contribution in [0, 0.1) is 5.41 Å². The molecule has 0 bridgehead atoms. The van der Waals surface area contributed by atoms with E-state index in [1.807, 2.05) is 20.8 Å². The molecule has 0 saturated heterocycles. The maximum atomic E-state index is 12.3. The van der Waals surface area contributed by atoms with Gasteiger partial charge in [-0.2, -0.15) is 0 Å². The van der Waals surface area contributed by atoms with Crippen molar-refractivity contribution in [3.05, 3.63) is 53.6 Å². The Balaban J connectivity index is 2.24. The molecule has 29 heavy (non-hydrogen) atoms. The van der Waals surface area contributed by atoms with Gasteiger partial charge in [0, 0.05) is 6.92 Å². The number of hydrogen-bond donors (Lipinski definition) is 2. The molecule has 0 aromatic heterocycles. The van der Waals surface area contributed by atoms with Gasteiger partial charge in [-0.3, -0.25) is 4.79 Å². The minimum absolute atomic E-state index is 0.0135. The van der Waals surface area contributed by atoms with E-state index in [0.717, 1.165) is 0 Å². The summed E-state index contributed by atoms with van der Waals surface area (Å²) in [5, 5.41) is 10.4. The van der Waals surface area contributed by atoms with Crippen LogP contribution in [0.1, 0.15) is 49.7 Å². The Hall–Kier alpha value is -3.06. The van der Waals surface area contributed by atoms with Gasteiger partial charge in [-0.25, -0.2) is 4.79 Å². The molecule has 156 valence electrons. The number of nitrogens with two attached hydrogens (primary N) is 1. The Morgan fingerprint density at radius 1 is 1.07 bits per heavy atom. The quantitative estimate of drug-likeness (QED) is 0.562. The van der Waals surface area contributed by atoms with E-state index in [1.54, 1.807) is 30.3 Å². The summed E-state index contributed by atoms with van der Waals surface area (Å²) in [5.41, 5.74) is 6.75. The molecule has 0 saturated carbocycles. The summed E-state index contributed by atoms with van der Waals surface area (Å²) < 4.78 is 15.7. The Labute approximate surface area is 170 Å². The number of ether oxygens (including phenoxy) is 3. The second-order valence-corrected chi connectivity index (χ2v) is 7.77. The van der Waals surface area contributed by atoms with E-state index in [-0.39, 0.29) is 16.9 Å². The molecule has 7 nitrogen and oxygen atoms in total. The molecule has 2 atom stereocenters. The molecular weight excluding hydrogens is 374 g/mol. The van der Waals surface area contributed by atoms with Crippen LogP contribution in [0.25, 0.3) is 0 Å².